The minimum Gasteiger partial charge on any atom is -0.355 e. The maximum atomic E-state index is 5.37. The first-order valence-corrected chi connectivity index (χ1v) is 16.4. The molecule has 0 unspecified atom stereocenters. The Morgan fingerprint density at radius 1 is 0.500 bits per heavy atom. The van der Waals surface area contributed by atoms with E-state index in [1.807, 2.05) is 18.3 Å². The highest BCUT2D eigenvalue weighted by Gasteiger charge is 2.21. The molecule has 8 bridgehead atoms. The lowest BCUT2D eigenvalue weighted by molar-refractivity contribution is 1.25. The van der Waals surface area contributed by atoms with Crippen molar-refractivity contribution in [3.63, 3.8) is 0 Å². The van der Waals surface area contributed by atoms with Gasteiger partial charge in [0.15, 0.2) is 0 Å². The SMILES string of the molecule is Cc1cc(C)c(-c2c3nc(cc4ccc([nH]4)c(-c4c(C)cc(C)cc4C)c4nc(cc5ccc2[nH]5)C(c2ccccn2)=C4)C=C3)c(C)c1. The van der Waals surface area contributed by atoms with Gasteiger partial charge in [0, 0.05) is 45.0 Å². The third-order valence-electron chi connectivity index (χ3n) is 9.32. The van der Waals surface area contributed by atoms with E-state index in [0.717, 1.165) is 67.2 Å². The molecule has 0 saturated carbocycles. The lowest BCUT2D eigenvalue weighted by Crippen LogP contribution is -1.94. The summed E-state index contributed by atoms with van der Waals surface area (Å²) >= 11 is 0. The maximum Gasteiger partial charge on any atom is 0.0752 e. The lowest BCUT2D eigenvalue weighted by atomic mass is 9.92. The topological polar surface area (TPSA) is 70.2 Å². The molecule has 48 heavy (non-hydrogen) atoms. The second kappa shape index (κ2) is 11.5. The van der Waals surface area contributed by atoms with Crippen molar-refractivity contribution in [2.75, 3.05) is 0 Å². The zero-order valence-corrected chi connectivity index (χ0v) is 28.2. The van der Waals surface area contributed by atoms with Crippen LogP contribution in [-0.4, -0.2) is 24.9 Å². The largest absolute Gasteiger partial charge is 0.355 e. The van der Waals surface area contributed by atoms with Gasteiger partial charge in [-0.15, -0.1) is 0 Å². The molecule has 4 aromatic heterocycles. The molecule has 0 amide bonds. The van der Waals surface area contributed by atoms with Crippen LogP contribution in [0.3, 0.4) is 0 Å². The van der Waals surface area contributed by atoms with Crippen molar-refractivity contribution >= 4 is 45.9 Å². The molecule has 0 fully saturated rings. The number of hydrogen-bond acceptors (Lipinski definition) is 3. The van der Waals surface area contributed by atoms with Crippen LogP contribution in [0.1, 0.15) is 61.9 Å². The van der Waals surface area contributed by atoms with Gasteiger partial charge in [-0.3, -0.25) is 4.98 Å². The van der Waals surface area contributed by atoms with Gasteiger partial charge in [0.05, 0.1) is 28.5 Å². The van der Waals surface area contributed by atoms with E-state index >= 15 is 0 Å². The highest BCUT2D eigenvalue weighted by atomic mass is 14.8. The molecule has 6 heterocycles. The Morgan fingerprint density at radius 3 is 1.67 bits per heavy atom. The molecule has 0 saturated heterocycles. The van der Waals surface area contributed by atoms with Crippen molar-refractivity contribution in [1.82, 2.24) is 24.9 Å². The molecule has 0 spiro atoms. The van der Waals surface area contributed by atoms with Crippen LogP contribution < -0.4 is 0 Å². The molecule has 6 aromatic rings. The predicted octanol–water partition coefficient (Wildman–Crippen LogP) is 10.7. The Balaban J connectivity index is 1.52. The average Bonchev–Trinajstić information content (AvgIpc) is 3.86. The van der Waals surface area contributed by atoms with E-state index in [4.69, 9.17) is 15.0 Å². The zero-order valence-electron chi connectivity index (χ0n) is 28.2. The van der Waals surface area contributed by atoms with Crippen molar-refractivity contribution in [2.45, 2.75) is 41.5 Å². The Hall–Kier alpha value is -5.81. The minimum atomic E-state index is 0.862. The van der Waals surface area contributed by atoms with Gasteiger partial charge in [-0.25, -0.2) is 9.97 Å². The summed E-state index contributed by atoms with van der Waals surface area (Å²) in [5.41, 5.74) is 21.4. The van der Waals surface area contributed by atoms with Gasteiger partial charge in [-0.2, -0.15) is 0 Å². The van der Waals surface area contributed by atoms with Crippen LogP contribution >= 0.6 is 0 Å². The number of benzene rings is 2. The molecule has 0 radical (unpaired) electrons. The summed E-state index contributed by atoms with van der Waals surface area (Å²) in [5.74, 6) is 0. The summed E-state index contributed by atoms with van der Waals surface area (Å²) < 4.78 is 0. The molecule has 2 aromatic carbocycles. The van der Waals surface area contributed by atoms with Gasteiger partial charge in [0.2, 0.25) is 0 Å². The first-order valence-electron chi connectivity index (χ1n) is 16.4. The van der Waals surface area contributed by atoms with Gasteiger partial charge in [0.1, 0.15) is 0 Å². The number of rotatable bonds is 3. The molecular weight excluding hydrogens is 587 g/mol. The molecule has 2 aliphatic heterocycles. The highest BCUT2D eigenvalue weighted by molar-refractivity contribution is 6.00. The quantitative estimate of drug-likeness (QED) is 0.206. The normalized spacial score (nSPS) is 12.4. The third-order valence-corrected chi connectivity index (χ3v) is 9.32. The van der Waals surface area contributed by atoms with Crippen LogP contribution in [0, 0.1) is 41.5 Å². The zero-order chi connectivity index (χ0) is 33.1. The number of fused-ring (bicyclic) bond motifs is 8. The van der Waals surface area contributed by atoms with Crippen molar-refractivity contribution in [3.05, 3.63) is 147 Å². The monoisotopic (exact) mass is 623 g/mol. The summed E-state index contributed by atoms with van der Waals surface area (Å²) in [4.78, 5) is 22.8. The molecule has 8 rings (SSSR count). The number of pyridine rings is 1. The van der Waals surface area contributed by atoms with Crippen LogP contribution in [0.4, 0.5) is 0 Å². The second-order valence-electron chi connectivity index (χ2n) is 13.2. The molecule has 0 aliphatic carbocycles. The first kappa shape index (κ1) is 29.6. The highest BCUT2D eigenvalue weighted by Crippen LogP contribution is 2.39. The fourth-order valence-corrected chi connectivity index (χ4v) is 7.54. The van der Waals surface area contributed by atoms with Crippen LogP contribution in [0.15, 0.2) is 85.1 Å². The maximum absolute atomic E-state index is 5.37. The predicted molar refractivity (Wildman–Crippen MR) is 200 cm³/mol. The van der Waals surface area contributed by atoms with Crippen LogP contribution in [0.25, 0.3) is 68.1 Å². The molecule has 5 heteroatoms. The van der Waals surface area contributed by atoms with Gasteiger partial charge in [-0.1, -0.05) is 41.5 Å². The van der Waals surface area contributed by atoms with Crippen LogP contribution in [-0.2, 0) is 0 Å². The molecule has 2 N–H and O–H groups in total. The summed E-state index contributed by atoms with van der Waals surface area (Å²) in [7, 11) is 0. The van der Waals surface area contributed by atoms with Crippen LogP contribution in [0.5, 0.6) is 0 Å². The third kappa shape index (κ3) is 5.18. The van der Waals surface area contributed by atoms with E-state index in [0.29, 0.717) is 0 Å². The first-order chi connectivity index (χ1) is 23.2. The molecule has 2 aliphatic rings. The van der Waals surface area contributed by atoms with Crippen LogP contribution in [0.2, 0.25) is 0 Å². The summed E-state index contributed by atoms with van der Waals surface area (Å²) in [6, 6.07) is 27.9. The number of nitrogens with zero attached hydrogens (tertiary/aromatic N) is 3. The standard InChI is InChI=1S/C43H37N5/c1-24-17-26(3)40(27(4)18-24)42-35-13-10-30(45-35)21-31-11-14-37(46-31)43(41-28(5)19-25(2)20-29(41)6)39-23-33(34-9-7-8-16-44-34)38(48-39)22-32-12-15-36(42)47-32/h7-23,46-47H,1-6H3. The Labute approximate surface area is 280 Å². The molecule has 0 atom stereocenters. The lowest BCUT2D eigenvalue weighted by Gasteiger charge is -2.13. The van der Waals surface area contributed by atoms with E-state index in [1.165, 1.54) is 44.5 Å². The van der Waals surface area contributed by atoms with Gasteiger partial charge < -0.3 is 9.97 Å². The molecule has 234 valence electrons. The van der Waals surface area contributed by atoms with Gasteiger partial charge in [-0.05, 0) is 142 Å². The number of aromatic nitrogens is 5. The Bertz CT molecular complexity index is 2460. The number of H-pyrrole nitrogens is 2. The van der Waals surface area contributed by atoms with E-state index in [2.05, 4.69) is 136 Å². The van der Waals surface area contributed by atoms with E-state index < -0.39 is 0 Å². The number of aryl methyl sites for hydroxylation is 6. The molecule has 5 nitrogen and oxygen atoms in total. The number of hydrogen-bond donors (Lipinski definition) is 2. The Morgan fingerprint density at radius 2 is 1.08 bits per heavy atom. The van der Waals surface area contributed by atoms with Crippen molar-refractivity contribution in [2.24, 2.45) is 0 Å². The fourth-order valence-electron chi connectivity index (χ4n) is 7.54. The fraction of sp³-hybridized carbons (Fsp3) is 0.140. The van der Waals surface area contributed by atoms with E-state index in [-0.39, 0.29) is 0 Å². The smallest absolute Gasteiger partial charge is 0.0752 e. The summed E-state index contributed by atoms with van der Waals surface area (Å²) in [6.07, 6.45) is 8.27. The second-order valence-corrected chi connectivity index (χ2v) is 13.2. The minimum absolute atomic E-state index is 0.862. The van der Waals surface area contributed by atoms with Gasteiger partial charge >= 0.3 is 0 Å². The molecular formula is C43H37N5. The number of nitrogens with one attached hydrogen (secondary N) is 2. The van der Waals surface area contributed by atoms with Crippen molar-refractivity contribution in [3.8, 4) is 22.3 Å². The Kier molecular flexibility index (Phi) is 7.06. The average molecular weight is 624 g/mol. The van der Waals surface area contributed by atoms with Gasteiger partial charge in [0.25, 0.3) is 0 Å². The number of aromatic amines is 2. The van der Waals surface area contributed by atoms with Crippen molar-refractivity contribution < 1.29 is 0 Å². The summed E-state index contributed by atoms with van der Waals surface area (Å²) in [6.45, 7) is 13.1. The van der Waals surface area contributed by atoms with E-state index in [9.17, 15) is 0 Å². The van der Waals surface area contributed by atoms with E-state index in [1.54, 1.807) is 0 Å². The van der Waals surface area contributed by atoms with Crippen molar-refractivity contribution in [1.29, 1.82) is 0 Å². The summed E-state index contributed by atoms with van der Waals surface area (Å²) in [5, 5.41) is 0.